The lowest BCUT2D eigenvalue weighted by Gasteiger charge is -2.01. The average Bonchev–Trinajstić information content (AvgIpc) is 2.80. The molecular weight excluding hydrogens is 260 g/mol. The highest BCUT2D eigenvalue weighted by Gasteiger charge is 1.99. The second-order valence-electron chi connectivity index (χ2n) is 4.05. The number of aryl methyl sites for hydroxylation is 1. The van der Waals surface area contributed by atoms with Crippen LogP contribution in [0.1, 0.15) is 11.1 Å². The van der Waals surface area contributed by atoms with Crippen LogP contribution in [0.3, 0.4) is 0 Å². The Hall–Kier alpha value is -2.01. The van der Waals surface area contributed by atoms with Crippen molar-refractivity contribution in [3.8, 4) is 0 Å². The van der Waals surface area contributed by atoms with Crippen LogP contribution in [0.2, 0.25) is 0 Å². The van der Waals surface area contributed by atoms with Gasteiger partial charge in [-0.25, -0.2) is 4.79 Å². The van der Waals surface area contributed by atoms with E-state index >= 15 is 0 Å². The molecule has 1 aromatic carbocycles. The Balaban J connectivity index is 2.00. The van der Waals surface area contributed by atoms with Gasteiger partial charge in [-0.15, -0.1) is 11.8 Å². The Morgan fingerprint density at radius 3 is 3.05 bits per heavy atom. The fraction of sp³-hybridized carbons (Fsp3) is 0.143. The molecule has 98 valence electrons. The van der Waals surface area contributed by atoms with E-state index in [1.54, 1.807) is 22.5 Å². The van der Waals surface area contributed by atoms with E-state index in [9.17, 15) is 4.79 Å². The minimum Gasteiger partial charge on any atom is -0.478 e. The van der Waals surface area contributed by atoms with E-state index in [-0.39, 0.29) is 0 Å². The number of carboxylic acids is 1. The molecule has 0 spiro atoms. The van der Waals surface area contributed by atoms with E-state index in [1.165, 1.54) is 0 Å². The van der Waals surface area contributed by atoms with Crippen molar-refractivity contribution in [2.75, 3.05) is 0 Å². The molecule has 0 aliphatic heterocycles. The maximum Gasteiger partial charge on any atom is 0.328 e. The number of thioether (sulfide) groups is 1. The van der Waals surface area contributed by atoms with E-state index in [1.807, 2.05) is 43.7 Å². The second-order valence-corrected chi connectivity index (χ2v) is 5.10. The Morgan fingerprint density at radius 2 is 2.37 bits per heavy atom. The molecule has 0 radical (unpaired) electrons. The van der Waals surface area contributed by atoms with Gasteiger partial charge in [0.05, 0.1) is 6.20 Å². The molecular formula is C14H14N2O2S. The molecule has 1 N–H and O–H groups in total. The van der Waals surface area contributed by atoms with E-state index < -0.39 is 5.97 Å². The highest BCUT2D eigenvalue weighted by Crippen LogP contribution is 2.22. The molecule has 1 heterocycles. The van der Waals surface area contributed by atoms with Crippen LogP contribution in [-0.4, -0.2) is 20.9 Å². The first-order valence-electron chi connectivity index (χ1n) is 5.75. The molecule has 0 aliphatic rings. The predicted octanol–water partition coefficient (Wildman–Crippen LogP) is 2.81. The summed E-state index contributed by atoms with van der Waals surface area (Å²) < 4.78 is 1.77. The van der Waals surface area contributed by atoms with E-state index in [2.05, 4.69) is 5.10 Å². The van der Waals surface area contributed by atoms with Gasteiger partial charge >= 0.3 is 5.97 Å². The average molecular weight is 274 g/mol. The van der Waals surface area contributed by atoms with Gasteiger partial charge in [0.2, 0.25) is 0 Å². The minimum atomic E-state index is -0.935. The Morgan fingerprint density at radius 1 is 1.53 bits per heavy atom. The Kier molecular flexibility index (Phi) is 4.41. The molecule has 4 nitrogen and oxygen atoms in total. The van der Waals surface area contributed by atoms with Gasteiger partial charge in [-0.1, -0.05) is 24.3 Å². The van der Waals surface area contributed by atoms with Crippen LogP contribution in [-0.2, 0) is 17.6 Å². The molecule has 5 heteroatoms. The summed E-state index contributed by atoms with van der Waals surface area (Å²) in [7, 11) is 1.89. The minimum absolute atomic E-state index is 0.834. The number of carboxylic acid groups (broad SMARTS) is 1. The molecule has 19 heavy (non-hydrogen) atoms. The van der Waals surface area contributed by atoms with Crippen LogP contribution in [0.25, 0.3) is 6.08 Å². The monoisotopic (exact) mass is 274 g/mol. The zero-order chi connectivity index (χ0) is 13.7. The van der Waals surface area contributed by atoms with Crippen molar-refractivity contribution in [3.05, 3.63) is 53.9 Å². The third-order valence-electron chi connectivity index (χ3n) is 2.46. The van der Waals surface area contributed by atoms with E-state index in [0.29, 0.717) is 0 Å². The summed E-state index contributed by atoms with van der Waals surface area (Å²) >= 11 is 1.70. The van der Waals surface area contributed by atoms with Crippen molar-refractivity contribution in [1.29, 1.82) is 0 Å². The number of benzene rings is 1. The van der Waals surface area contributed by atoms with Crippen LogP contribution in [0.4, 0.5) is 0 Å². The molecule has 2 rings (SSSR count). The maximum absolute atomic E-state index is 10.5. The number of rotatable bonds is 5. The van der Waals surface area contributed by atoms with Crippen LogP contribution >= 0.6 is 11.8 Å². The fourth-order valence-electron chi connectivity index (χ4n) is 1.59. The molecule has 0 amide bonds. The summed E-state index contributed by atoms with van der Waals surface area (Å²) in [6.45, 7) is 0. The molecule has 0 aliphatic carbocycles. The first kappa shape index (κ1) is 13.4. The van der Waals surface area contributed by atoms with E-state index in [0.717, 1.165) is 27.9 Å². The number of nitrogens with zero attached hydrogens (tertiary/aromatic N) is 2. The van der Waals surface area contributed by atoms with Crippen LogP contribution in [0.15, 0.2) is 47.6 Å². The van der Waals surface area contributed by atoms with Crippen molar-refractivity contribution in [2.24, 2.45) is 7.05 Å². The third-order valence-corrected chi connectivity index (χ3v) is 3.48. The maximum atomic E-state index is 10.5. The van der Waals surface area contributed by atoms with Crippen molar-refractivity contribution < 1.29 is 9.90 Å². The van der Waals surface area contributed by atoms with Gasteiger partial charge in [0.25, 0.3) is 0 Å². The number of aromatic nitrogens is 2. The fourth-order valence-corrected chi connectivity index (χ4v) is 2.46. The summed E-state index contributed by atoms with van der Waals surface area (Å²) in [4.78, 5) is 11.6. The molecule has 0 unspecified atom stereocenters. The molecule has 0 saturated heterocycles. The van der Waals surface area contributed by atoms with Crippen molar-refractivity contribution in [1.82, 2.24) is 9.78 Å². The van der Waals surface area contributed by atoms with Gasteiger partial charge in [-0.2, -0.15) is 5.10 Å². The van der Waals surface area contributed by atoms with Crippen molar-refractivity contribution in [3.63, 3.8) is 0 Å². The first-order valence-corrected chi connectivity index (χ1v) is 6.73. The van der Waals surface area contributed by atoms with Crippen molar-refractivity contribution in [2.45, 2.75) is 10.6 Å². The predicted molar refractivity (Wildman–Crippen MR) is 75.9 cm³/mol. The van der Waals surface area contributed by atoms with Crippen LogP contribution in [0.5, 0.6) is 0 Å². The second kappa shape index (κ2) is 6.24. The summed E-state index contributed by atoms with van der Waals surface area (Å²) in [6, 6.07) is 7.84. The highest BCUT2D eigenvalue weighted by molar-refractivity contribution is 7.98. The topological polar surface area (TPSA) is 55.1 Å². The van der Waals surface area contributed by atoms with Crippen molar-refractivity contribution >= 4 is 23.8 Å². The molecule has 0 atom stereocenters. The van der Waals surface area contributed by atoms with Crippen LogP contribution in [0, 0.1) is 0 Å². The Bertz CT molecular complexity index is 605. The lowest BCUT2D eigenvalue weighted by atomic mass is 10.1. The zero-order valence-electron chi connectivity index (χ0n) is 10.5. The molecule has 2 aromatic rings. The zero-order valence-corrected chi connectivity index (χ0v) is 11.3. The van der Waals surface area contributed by atoms with E-state index in [4.69, 9.17) is 5.11 Å². The summed E-state index contributed by atoms with van der Waals surface area (Å²) in [5.41, 5.74) is 2.05. The van der Waals surface area contributed by atoms with Gasteiger partial charge < -0.3 is 5.11 Å². The summed E-state index contributed by atoms with van der Waals surface area (Å²) in [5, 5.41) is 12.7. The SMILES string of the molecule is Cn1cc(SCc2cccc(/C=C/C(=O)O)c2)cn1. The summed E-state index contributed by atoms with van der Waals surface area (Å²) in [5.74, 6) is -0.101. The highest BCUT2D eigenvalue weighted by atomic mass is 32.2. The number of carbonyl (C=O) groups is 1. The first-order chi connectivity index (χ1) is 9.13. The standard InChI is InChI=1S/C14H14N2O2S/c1-16-9-13(8-15-16)19-10-12-4-2-3-11(7-12)5-6-14(17)18/h2-9H,10H2,1H3,(H,17,18)/b6-5+. The Labute approximate surface area is 115 Å². The van der Waals surface area contributed by atoms with Gasteiger partial charge in [0, 0.05) is 30.0 Å². The van der Waals surface area contributed by atoms with Gasteiger partial charge in [-0.3, -0.25) is 4.68 Å². The summed E-state index contributed by atoms with van der Waals surface area (Å²) in [6.07, 6.45) is 6.55. The third kappa shape index (κ3) is 4.30. The van der Waals surface area contributed by atoms with Crippen LogP contribution < -0.4 is 0 Å². The smallest absolute Gasteiger partial charge is 0.328 e. The number of hydrogen-bond acceptors (Lipinski definition) is 3. The van der Waals surface area contributed by atoms with Gasteiger partial charge in [-0.05, 0) is 17.2 Å². The largest absolute Gasteiger partial charge is 0.478 e. The molecule has 0 bridgehead atoms. The van der Waals surface area contributed by atoms with Gasteiger partial charge in [0.1, 0.15) is 0 Å². The quantitative estimate of drug-likeness (QED) is 0.673. The molecule has 0 fully saturated rings. The number of hydrogen-bond donors (Lipinski definition) is 1. The lowest BCUT2D eigenvalue weighted by Crippen LogP contribution is -1.86. The lowest BCUT2D eigenvalue weighted by molar-refractivity contribution is -0.131. The normalized spacial score (nSPS) is 11.0. The molecule has 1 aromatic heterocycles. The number of aliphatic carboxylic acids is 1. The van der Waals surface area contributed by atoms with Gasteiger partial charge in [0.15, 0.2) is 0 Å². The molecule has 0 saturated carbocycles.